The molecule has 2 aliphatic rings. The number of carbonyl (C=O) groups is 2. The number of benzene rings is 1. The zero-order valence-corrected chi connectivity index (χ0v) is 13.6. The zero-order chi connectivity index (χ0) is 18.0. The van der Waals surface area contributed by atoms with Crippen LogP contribution in [0.3, 0.4) is 0 Å². The SMILES string of the molecule is O=C1Nc2ccccc2N(C2CCCCC2)CC1NC(=O)C(F)(F)F. The molecule has 1 unspecified atom stereocenters. The van der Waals surface area contributed by atoms with Gasteiger partial charge >= 0.3 is 12.1 Å². The van der Waals surface area contributed by atoms with Crippen molar-refractivity contribution >= 4 is 23.2 Å². The van der Waals surface area contributed by atoms with E-state index in [0.717, 1.165) is 37.8 Å². The van der Waals surface area contributed by atoms with Gasteiger partial charge in [0.05, 0.1) is 11.4 Å². The first kappa shape index (κ1) is 17.6. The maximum absolute atomic E-state index is 12.6. The van der Waals surface area contributed by atoms with Gasteiger partial charge < -0.3 is 15.5 Å². The largest absolute Gasteiger partial charge is 0.471 e. The minimum atomic E-state index is -5.02. The molecular weight excluding hydrogens is 335 g/mol. The standard InChI is InChI=1S/C17H20F3N3O2/c18-17(19,20)16(25)22-13-10-23(11-6-2-1-3-7-11)14-9-5-4-8-12(14)21-15(13)24/h4-5,8-9,11,13H,1-3,6-7,10H2,(H,21,24)(H,22,25). The summed E-state index contributed by atoms with van der Waals surface area (Å²) in [5, 5.41) is 4.47. The summed E-state index contributed by atoms with van der Waals surface area (Å²) in [6.07, 6.45) is 0.0476. The molecule has 0 bridgehead atoms. The van der Waals surface area contributed by atoms with Crippen LogP contribution in [0, 0.1) is 0 Å². The van der Waals surface area contributed by atoms with Crippen LogP contribution in [0.5, 0.6) is 0 Å². The van der Waals surface area contributed by atoms with E-state index < -0.39 is 24.0 Å². The van der Waals surface area contributed by atoms with Gasteiger partial charge in [-0.15, -0.1) is 0 Å². The highest BCUT2D eigenvalue weighted by Crippen LogP contribution is 2.34. The van der Waals surface area contributed by atoms with Gasteiger partial charge in [-0.2, -0.15) is 13.2 Å². The summed E-state index contributed by atoms with van der Waals surface area (Å²) in [4.78, 5) is 25.6. The van der Waals surface area contributed by atoms with E-state index in [2.05, 4.69) is 5.32 Å². The van der Waals surface area contributed by atoms with Gasteiger partial charge in [-0.1, -0.05) is 31.4 Å². The molecule has 0 spiro atoms. The first-order chi connectivity index (χ1) is 11.9. The van der Waals surface area contributed by atoms with Gasteiger partial charge in [0.1, 0.15) is 6.04 Å². The number of halogens is 3. The van der Waals surface area contributed by atoms with E-state index in [9.17, 15) is 22.8 Å². The Morgan fingerprint density at radius 3 is 2.52 bits per heavy atom. The molecule has 5 nitrogen and oxygen atoms in total. The lowest BCUT2D eigenvalue weighted by atomic mass is 9.93. The number of carbonyl (C=O) groups excluding carboxylic acids is 2. The van der Waals surface area contributed by atoms with Crippen molar-refractivity contribution in [1.29, 1.82) is 0 Å². The second-order valence-electron chi connectivity index (χ2n) is 6.47. The molecule has 0 radical (unpaired) electrons. The average molecular weight is 355 g/mol. The molecule has 0 aromatic heterocycles. The first-order valence-electron chi connectivity index (χ1n) is 8.40. The maximum Gasteiger partial charge on any atom is 0.471 e. The van der Waals surface area contributed by atoms with Gasteiger partial charge in [0.15, 0.2) is 0 Å². The minimum Gasteiger partial charge on any atom is -0.364 e. The van der Waals surface area contributed by atoms with Gasteiger partial charge in [-0.05, 0) is 25.0 Å². The van der Waals surface area contributed by atoms with Crippen LogP contribution >= 0.6 is 0 Å². The van der Waals surface area contributed by atoms with Crippen molar-refractivity contribution < 1.29 is 22.8 Å². The molecule has 1 aromatic carbocycles. The van der Waals surface area contributed by atoms with E-state index >= 15 is 0 Å². The number of para-hydroxylation sites is 2. The van der Waals surface area contributed by atoms with Crippen LogP contribution in [0.25, 0.3) is 0 Å². The number of rotatable bonds is 2. The molecule has 1 aliphatic heterocycles. The highest BCUT2D eigenvalue weighted by molar-refractivity contribution is 6.01. The molecular formula is C17H20F3N3O2. The van der Waals surface area contributed by atoms with Crippen molar-refractivity contribution in [3.05, 3.63) is 24.3 Å². The average Bonchev–Trinajstić information content (AvgIpc) is 2.72. The van der Waals surface area contributed by atoms with Gasteiger partial charge in [0.2, 0.25) is 5.91 Å². The molecule has 1 fully saturated rings. The van der Waals surface area contributed by atoms with Crippen LogP contribution in [-0.2, 0) is 9.59 Å². The van der Waals surface area contributed by atoms with Crippen molar-refractivity contribution in [3.8, 4) is 0 Å². The molecule has 1 saturated carbocycles. The Hall–Kier alpha value is -2.25. The van der Waals surface area contributed by atoms with Crippen LogP contribution in [0.15, 0.2) is 24.3 Å². The summed E-state index contributed by atoms with van der Waals surface area (Å²) in [5.41, 5.74) is 1.34. The lowest BCUT2D eigenvalue weighted by Crippen LogP contribution is -2.54. The molecule has 1 heterocycles. The normalized spacial score (nSPS) is 22.0. The Morgan fingerprint density at radius 1 is 1.16 bits per heavy atom. The van der Waals surface area contributed by atoms with Crippen molar-refractivity contribution in [2.24, 2.45) is 0 Å². The molecule has 136 valence electrons. The van der Waals surface area contributed by atoms with Gasteiger partial charge in [-0.3, -0.25) is 9.59 Å². The van der Waals surface area contributed by atoms with Crippen LogP contribution in [0.2, 0.25) is 0 Å². The summed E-state index contributed by atoms with van der Waals surface area (Å²) >= 11 is 0. The highest BCUT2D eigenvalue weighted by Gasteiger charge is 2.42. The zero-order valence-electron chi connectivity index (χ0n) is 13.6. The smallest absolute Gasteiger partial charge is 0.364 e. The number of nitrogens with zero attached hydrogens (tertiary/aromatic N) is 1. The molecule has 1 aromatic rings. The predicted octanol–water partition coefficient (Wildman–Crippen LogP) is 2.82. The summed E-state index contributed by atoms with van der Waals surface area (Å²) < 4.78 is 37.8. The third kappa shape index (κ3) is 3.88. The Kier molecular flexibility index (Phi) is 4.87. The topological polar surface area (TPSA) is 61.4 Å². The summed E-state index contributed by atoms with van der Waals surface area (Å²) in [7, 11) is 0. The molecule has 3 rings (SSSR count). The van der Waals surface area contributed by atoms with Crippen LogP contribution in [-0.4, -0.2) is 36.6 Å². The van der Waals surface area contributed by atoms with E-state index in [-0.39, 0.29) is 12.6 Å². The molecule has 8 heteroatoms. The Balaban J connectivity index is 1.88. The number of nitrogens with one attached hydrogen (secondary N) is 2. The third-order valence-electron chi connectivity index (χ3n) is 4.75. The third-order valence-corrected chi connectivity index (χ3v) is 4.75. The Labute approximate surface area is 143 Å². The van der Waals surface area contributed by atoms with E-state index in [1.807, 2.05) is 22.3 Å². The van der Waals surface area contributed by atoms with Gasteiger partial charge in [0.25, 0.3) is 0 Å². The van der Waals surface area contributed by atoms with Crippen molar-refractivity contribution in [1.82, 2.24) is 5.32 Å². The summed E-state index contributed by atoms with van der Waals surface area (Å²) in [6, 6.07) is 6.04. The Morgan fingerprint density at radius 2 is 1.84 bits per heavy atom. The molecule has 1 atom stereocenters. The lowest BCUT2D eigenvalue weighted by molar-refractivity contribution is -0.174. The number of amides is 2. The van der Waals surface area contributed by atoms with E-state index in [1.165, 1.54) is 0 Å². The number of alkyl halides is 3. The first-order valence-corrected chi connectivity index (χ1v) is 8.40. The summed E-state index contributed by atoms with van der Waals surface area (Å²) in [6.45, 7) is 0.0231. The second-order valence-corrected chi connectivity index (χ2v) is 6.47. The van der Waals surface area contributed by atoms with Gasteiger partial charge in [0, 0.05) is 12.6 Å². The van der Waals surface area contributed by atoms with Gasteiger partial charge in [-0.25, -0.2) is 0 Å². The monoisotopic (exact) mass is 355 g/mol. The second kappa shape index (κ2) is 6.93. The predicted molar refractivity (Wildman–Crippen MR) is 87.3 cm³/mol. The molecule has 2 amide bonds. The van der Waals surface area contributed by atoms with Crippen molar-refractivity contribution in [2.45, 2.75) is 50.4 Å². The highest BCUT2D eigenvalue weighted by atomic mass is 19.4. The number of anilines is 2. The van der Waals surface area contributed by atoms with Crippen LogP contribution in [0.4, 0.5) is 24.5 Å². The molecule has 25 heavy (non-hydrogen) atoms. The Bertz CT molecular complexity index is 657. The van der Waals surface area contributed by atoms with Crippen LogP contribution < -0.4 is 15.5 Å². The fourth-order valence-electron chi connectivity index (χ4n) is 3.52. The maximum atomic E-state index is 12.6. The van der Waals surface area contributed by atoms with E-state index in [4.69, 9.17) is 0 Å². The number of hydrogen-bond acceptors (Lipinski definition) is 3. The lowest BCUT2D eigenvalue weighted by Gasteiger charge is -2.37. The number of fused-ring (bicyclic) bond motifs is 1. The van der Waals surface area contributed by atoms with E-state index in [1.54, 1.807) is 12.1 Å². The minimum absolute atomic E-state index is 0.0231. The van der Waals surface area contributed by atoms with Crippen LogP contribution in [0.1, 0.15) is 32.1 Å². The molecule has 2 N–H and O–H groups in total. The number of hydrogen-bond donors (Lipinski definition) is 2. The molecule has 0 saturated heterocycles. The van der Waals surface area contributed by atoms with Crippen molar-refractivity contribution in [3.63, 3.8) is 0 Å². The molecule has 1 aliphatic carbocycles. The van der Waals surface area contributed by atoms with Crippen molar-refractivity contribution in [2.75, 3.05) is 16.8 Å². The fraction of sp³-hybridized carbons (Fsp3) is 0.529. The summed E-state index contributed by atoms with van der Waals surface area (Å²) in [5.74, 6) is -2.73. The fourth-order valence-corrected chi connectivity index (χ4v) is 3.52. The van der Waals surface area contributed by atoms with E-state index in [0.29, 0.717) is 5.69 Å². The quantitative estimate of drug-likeness (QED) is 0.858.